The maximum atomic E-state index is 12.8. The summed E-state index contributed by atoms with van der Waals surface area (Å²) in [6, 6.07) is 11.7. The van der Waals surface area contributed by atoms with Gasteiger partial charge in [0.2, 0.25) is 5.91 Å². The van der Waals surface area contributed by atoms with Crippen molar-refractivity contribution in [2.75, 3.05) is 19.7 Å². The number of fused-ring (bicyclic) bond motifs is 1. The van der Waals surface area contributed by atoms with E-state index in [0.717, 1.165) is 11.3 Å². The van der Waals surface area contributed by atoms with Crippen LogP contribution in [-0.2, 0) is 10.2 Å². The van der Waals surface area contributed by atoms with Crippen LogP contribution in [0.2, 0.25) is 5.02 Å². The van der Waals surface area contributed by atoms with Gasteiger partial charge in [0.05, 0.1) is 18.6 Å². The van der Waals surface area contributed by atoms with Crippen LogP contribution < -0.4 is 9.47 Å². The Hall–Kier alpha value is -2.53. The molecule has 6 heteroatoms. The van der Waals surface area contributed by atoms with Gasteiger partial charge >= 0.3 is 0 Å². The number of hydrogen-bond donors (Lipinski definition) is 0. The first-order chi connectivity index (χ1) is 16.1. The minimum Gasteiger partial charge on any atom is -0.494 e. The number of amides is 1. The number of ether oxygens (including phenoxy) is 2. The summed E-state index contributed by atoms with van der Waals surface area (Å²) in [5.74, 6) is 1.64. The lowest BCUT2D eigenvalue weighted by Crippen LogP contribution is -2.52. The Morgan fingerprint density at radius 1 is 1.15 bits per heavy atom. The largest absolute Gasteiger partial charge is 0.494 e. The lowest BCUT2D eigenvalue weighted by atomic mass is 9.82. The van der Waals surface area contributed by atoms with E-state index in [1.807, 2.05) is 30.0 Å². The molecule has 0 atom stereocenters. The number of halogens is 1. The maximum absolute atomic E-state index is 12.8. The highest BCUT2D eigenvalue weighted by Crippen LogP contribution is 2.41. The van der Waals surface area contributed by atoms with Crippen LogP contribution in [0.15, 0.2) is 36.4 Å². The summed E-state index contributed by atoms with van der Waals surface area (Å²) in [7, 11) is 0. The third-order valence-electron chi connectivity index (χ3n) is 6.92. The van der Waals surface area contributed by atoms with E-state index in [1.54, 1.807) is 6.07 Å². The average molecular weight is 484 g/mol. The van der Waals surface area contributed by atoms with Gasteiger partial charge in [-0.05, 0) is 54.2 Å². The van der Waals surface area contributed by atoms with E-state index < -0.39 is 5.60 Å². The first-order valence-corrected chi connectivity index (χ1v) is 12.5. The van der Waals surface area contributed by atoms with E-state index in [4.69, 9.17) is 21.1 Å². The van der Waals surface area contributed by atoms with E-state index in [9.17, 15) is 9.59 Å². The average Bonchev–Trinajstić information content (AvgIpc) is 2.78. The van der Waals surface area contributed by atoms with Crippen LogP contribution in [0.4, 0.5) is 0 Å². The molecule has 4 rings (SSSR count). The fourth-order valence-electron chi connectivity index (χ4n) is 4.68. The van der Waals surface area contributed by atoms with Crippen LogP contribution in [-0.4, -0.2) is 41.9 Å². The molecule has 0 aliphatic carbocycles. The summed E-state index contributed by atoms with van der Waals surface area (Å²) >= 11 is 6.19. The summed E-state index contributed by atoms with van der Waals surface area (Å²) in [6.07, 6.45) is 2.77. The molecule has 2 aromatic carbocycles. The van der Waals surface area contributed by atoms with Gasteiger partial charge in [0, 0.05) is 37.4 Å². The lowest BCUT2D eigenvalue weighted by Gasteiger charge is -2.44. The van der Waals surface area contributed by atoms with Crippen molar-refractivity contribution in [1.29, 1.82) is 0 Å². The van der Waals surface area contributed by atoms with Crippen LogP contribution in [0.1, 0.15) is 74.4 Å². The number of likely N-dealkylation sites (tertiary alicyclic amines) is 1. The Morgan fingerprint density at radius 3 is 2.47 bits per heavy atom. The van der Waals surface area contributed by atoms with Crippen molar-refractivity contribution in [3.63, 3.8) is 0 Å². The second kappa shape index (κ2) is 9.61. The van der Waals surface area contributed by atoms with Gasteiger partial charge in [-0.3, -0.25) is 9.59 Å². The van der Waals surface area contributed by atoms with E-state index in [0.29, 0.717) is 68.1 Å². The lowest BCUT2D eigenvalue weighted by molar-refractivity contribution is -0.135. The van der Waals surface area contributed by atoms with Gasteiger partial charge in [-0.25, -0.2) is 0 Å². The quantitative estimate of drug-likeness (QED) is 0.480. The van der Waals surface area contributed by atoms with Gasteiger partial charge in [-0.15, -0.1) is 0 Å². The highest BCUT2D eigenvalue weighted by molar-refractivity contribution is 6.31. The molecule has 1 amide bonds. The number of benzene rings is 2. The normalized spacial score (nSPS) is 17.3. The van der Waals surface area contributed by atoms with E-state index in [2.05, 4.69) is 32.9 Å². The van der Waals surface area contributed by atoms with Crippen LogP contribution in [0.25, 0.3) is 0 Å². The zero-order valence-corrected chi connectivity index (χ0v) is 21.3. The predicted octanol–water partition coefficient (Wildman–Crippen LogP) is 6.13. The molecule has 182 valence electrons. The molecule has 1 spiro atoms. The zero-order chi connectivity index (χ0) is 24.5. The molecule has 0 radical (unpaired) electrons. The van der Waals surface area contributed by atoms with Crippen molar-refractivity contribution < 1.29 is 19.1 Å². The van der Waals surface area contributed by atoms with Gasteiger partial charge in [-0.2, -0.15) is 0 Å². The predicted molar refractivity (Wildman–Crippen MR) is 134 cm³/mol. The Balaban J connectivity index is 1.24. The summed E-state index contributed by atoms with van der Waals surface area (Å²) in [4.78, 5) is 27.4. The third-order valence-corrected chi connectivity index (χ3v) is 7.33. The van der Waals surface area contributed by atoms with Gasteiger partial charge < -0.3 is 14.4 Å². The Kier molecular flexibility index (Phi) is 6.95. The molecule has 0 N–H and O–H groups in total. The number of ketones is 1. The van der Waals surface area contributed by atoms with Crippen molar-refractivity contribution in [2.45, 2.75) is 70.8 Å². The second-order valence-corrected chi connectivity index (χ2v) is 11.0. The van der Waals surface area contributed by atoms with Crippen LogP contribution in [0.5, 0.6) is 11.5 Å². The first kappa shape index (κ1) is 24.6. The van der Waals surface area contributed by atoms with Crippen molar-refractivity contribution in [3.05, 3.63) is 58.1 Å². The van der Waals surface area contributed by atoms with Gasteiger partial charge in [0.1, 0.15) is 17.1 Å². The number of nitrogens with zero attached hydrogens (tertiary/aromatic N) is 1. The van der Waals surface area contributed by atoms with E-state index >= 15 is 0 Å². The Bertz CT molecular complexity index is 1060. The van der Waals surface area contributed by atoms with Crippen molar-refractivity contribution in [2.24, 2.45) is 0 Å². The fraction of sp³-hybridized carbons (Fsp3) is 0.500. The minimum absolute atomic E-state index is 0.0654. The molecule has 0 bridgehead atoms. The number of aryl methyl sites for hydroxylation is 1. The van der Waals surface area contributed by atoms with Crippen LogP contribution >= 0.6 is 11.6 Å². The zero-order valence-electron chi connectivity index (χ0n) is 20.6. The second-order valence-electron chi connectivity index (χ2n) is 10.6. The summed E-state index contributed by atoms with van der Waals surface area (Å²) in [5.41, 5.74) is 2.31. The monoisotopic (exact) mass is 483 g/mol. The van der Waals surface area contributed by atoms with E-state index in [-0.39, 0.29) is 17.1 Å². The molecule has 34 heavy (non-hydrogen) atoms. The molecule has 5 nitrogen and oxygen atoms in total. The van der Waals surface area contributed by atoms with E-state index in [1.165, 1.54) is 5.56 Å². The van der Waals surface area contributed by atoms with Gasteiger partial charge in [-0.1, -0.05) is 44.5 Å². The highest BCUT2D eigenvalue weighted by Gasteiger charge is 2.43. The SMILES string of the molecule is Cc1cc2c(cc1Cl)C(=O)CC1(CCN(C(=O)CCCOc3ccc(C(C)(C)C)cc3)CC1)O2. The molecule has 1 saturated heterocycles. The molecular formula is C28H34ClNO4. The smallest absolute Gasteiger partial charge is 0.222 e. The molecule has 2 aliphatic heterocycles. The van der Waals surface area contributed by atoms with Crippen molar-refractivity contribution >= 4 is 23.3 Å². The highest BCUT2D eigenvalue weighted by atomic mass is 35.5. The molecule has 0 unspecified atom stereocenters. The number of carbonyl (C=O) groups is 2. The summed E-state index contributed by atoms with van der Waals surface area (Å²) < 4.78 is 12.2. The Labute approximate surface area is 207 Å². The summed E-state index contributed by atoms with van der Waals surface area (Å²) in [6.45, 7) is 10.2. The Morgan fingerprint density at radius 2 is 1.82 bits per heavy atom. The fourth-order valence-corrected chi connectivity index (χ4v) is 4.84. The molecule has 2 aliphatic rings. The van der Waals surface area contributed by atoms with Crippen molar-refractivity contribution in [1.82, 2.24) is 4.90 Å². The maximum Gasteiger partial charge on any atom is 0.222 e. The standard InChI is InChI=1S/C28H34ClNO4/c1-19-16-25-22(17-23(19)29)24(31)18-28(34-25)11-13-30(14-12-28)26(32)6-5-15-33-21-9-7-20(8-10-21)27(2,3)4/h7-10,16-17H,5-6,11-15,18H2,1-4H3. The molecule has 0 saturated carbocycles. The van der Waals surface area contributed by atoms with Crippen molar-refractivity contribution in [3.8, 4) is 11.5 Å². The van der Waals surface area contributed by atoms with Crippen LogP contribution in [0, 0.1) is 6.92 Å². The topological polar surface area (TPSA) is 55.8 Å². The molecular weight excluding hydrogens is 450 g/mol. The number of hydrogen-bond acceptors (Lipinski definition) is 4. The van der Waals surface area contributed by atoms with Crippen LogP contribution in [0.3, 0.4) is 0 Å². The number of carbonyl (C=O) groups excluding carboxylic acids is 2. The van der Waals surface area contributed by atoms with Gasteiger partial charge in [0.15, 0.2) is 5.78 Å². The first-order valence-electron chi connectivity index (χ1n) is 12.1. The molecule has 2 heterocycles. The third kappa shape index (κ3) is 5.41. The number of piperidine rings is 1. The summed E-state index contributed by atoms with van der Waals surface area (Å²) in [5, 5.41) is 0.581. The minimum atomic E-state index is -0.524. The number of Topliss-reactive ketones (excluding diaryl/α,β-unsaturated/α-hetero) is 1. The molecule has 2 aromatic rings. The molecule has 1 fully saturated rings. The molecule has 0 aromatic heterocycles. The number of rotatable bonds is 5. The van der Waals surface area contributed by atoms with Gasteiger partial charge in [0.25, 0.3) is 0 Å².